The molecule has 0 bridgehead atoms. The Balaban J connectivity index is 2.43. The van der Waals surface area contributed by atoms with E-state index in [0.29, 0.717) is 6.42 Å². The number of benzene rings is 3. The fraction of sp³-hybridized carbons (Fsp3) is 0.118. The van der Waals surface area contributed by atoms with Gasteiger partial charge in [0.25, 0.3) is 0 Å². The molecule has 0 radical (unpaired) electrons. The van der Waals surface area contributed by atoms with Gasteiger partial charge in [-0.1, -0.05) is 48.5 Å². The first kappa shape index (κ1) is 11.7. The van der Waals surface area contributed by atoms with Gasteiger partial charge in [0.15, 0.2) is 0 Å². The molecule has 92 valence electrons. The van der Waals surface area contributed by atoms with Gasteiger partial charge >= 0.3 is 0 Å². The van der Waals surface area contributed by atoms with Crippen LogP contribution in [0.4, 0.5) is 0 Å². The Morgan fingerprint density at radius 2 is 1.47 bits per heavy atom. The quantitative estimate of drug-likeness (QED) is 0.697. The molecule has 0 unspecified atom stereocenters. The summed E-state index contributed by atoms with van der Waals surface area (Å²) >= 11 is 0. The topological polar surface area (TPSA) is 49.8 Å². The first-order valence-corrected chi connectivity index (χ1v) is 6.34. The lowest BCUT2D eigenvalue weighted by molar-refractivity contribution is 0.761. The molecular formula is C17H14N2. The zero-order valence-electron chi connectivity index (χ0n) is 10.5. The highest BCUT2D eigenvalue weighted by atomic mass is 14.6. The Bertz CT molecular complexity index is 730. The second-order valence-electron chi connectivity index (χ2n) is 4.70. The van der Waals surface area contributed by atoms with E-state index in [1.165, 1.54) is 10.8 Å². The van der Waals surface area contributed by atoms with Crippen LogP contribution in [0.2, 0.25) is 0 Å². The maximum atomic E-state index is 8.91. The van der Waals surface area contributed by atoms with Crippen LogP contribution >= 0.6 is 0 Å². The van der Waals surface area contributed by atoms with E-state index in [1.807, 2.05) is 24.3 Å². The minimum Gasteiger partial charge on any atom is -0.323 e. The fourth-order valence-corrected chi connectivity index (χ4v) is 2.65. The molecule has 0 spiro atoms. The third-order valence-electron chi connectivity index (χ3n) is 3.49. The van der Waals surface area contributed by atoms with E-state index in [9.17, 15) is 0 Å². The lowest BCUT2D eigenvalue weighted by Gasteiger charge is -2.15. The molecule has 3 aromatic carbocycles. The van der Waals surface area contributed by atoms with E-state index in [4.69, 9.17) is 11.0 Å². The highest BCUT2D eigenvalue weighted by Gasteiger charge is 2.13. The van der Waals surface area contributed by atoms with Crippen LogP contribution in [0.5, 0.6) is 0 Å². The van der Waals surface area contributed by atoms with Crippen molar-refractivity contribution >= 4 is 21.5 Å². The number of fused-ring (bicyclic) bond motifs is 2. The Morgan fingerprint density at radius 3 is 2.00 bits per heavy atom. The molecule has 0 amide bonds. The first-order valence-electron chi connectivity index (χ1n) is 6.34. The summed E-state index contributed by atoms with van der Waals surface area (Å²) in [5.74, 6) is 0. The van der Waals surface area contributed by atoms with Crippen molar-refractivity contribution in [1.82, 2.24) is 0 Å². The number of nitrogens with two attached hydrogens (primary N) is 1. The summed E-state index contributed by atoms with van der Waals surface area (Å²) in [6.45, 7) is 0. The molecule has 2 heteroatoms. The molecular weight excluding hydrogens is 232 g/mol. The van der Waals surface area contributed by atoms with Gasteiger partial charge in [-0.05, 0) is 33.2 Å². The zero-order valence-corrected chi connectivity index (χ0v) is 10.5. The summed E-state index contributed by atoms with van der Waals surface area (Å²) in [5, 5.41) is 13.5. The Labute approximate surface area is 112 Å². The molecule has 0 fully saturated rings. The standard InChI is InChI=1S/C17H14N2/c18-10-9-16(19)17-14-7-3-1-5-12(14)11-13-6-2-4-8-15(13)17/h1-8,11,16H,9,19H2/t16-/m0/s1. The molecule has 19 heavy (non-hydrogen) atoms. The summed E-state index contributed by atoms with van der Waals surface area (Å²) in [6.07, 6.45) is 0.331. The molecule has 0 aliphatic carbocycles. The van der Waals surface area contributed by atoms with Gasteiger partial charge in [0, 0.05) is 6.04 Å². The minimum atomic E-state index is -0.249. The summed E-state index contributed by atoms with van der Waals surface area (Å²) < 4.78 is 0. The van der Waals surface area contributed by atoms with Crippen LogP contribution in [0.1, 0.15) is 18.0 Å². The first-order chi connectivity index (χ1) is 9.31. The predicted octanol–water partition coefficient (Wildman–Crippen LogP) is 3.91. The predicted molar refractivity (Wildman–Crippen MR) is 78.6 cm³/mol. The lowest BCUT2D eigenvalue weighted by atomic mass is 9.91. The van der Waals surface area contributed by atoms with Crippen molar-refractivity contribution in [3.8, 4) is 6.07 Å². The second kappa shape index (κ2) is 4.72. The van der Waals surface area contributed by atoms with Crippen LogP contribution in [0, 0.1) is 11.3 Å². The summed E-state index contributed by atoms with van der Waals surface area (Å²) in [4.78, 5) is 0. The maximum absolute atomic E-state index is 8.91. The van der Waals surface area contributed by atoms with Gasteiger partial charge < -0.3 is 5.73 Å². The molecule has 3 rings (SSSR count). The SMILES string of the molecule is N#CC[C@H](N)c1c2ccccc2cc2ccccc12. The number of hydrogen-bond donors (Lipinski definition) is 1. The van der Waals surface area contributed by atoms with Crippen molar-refractivity contribution in [2.75, 3.05) is 0 Å². The average Bonchev–Trinajstić information content (AvgIpc) is 2.44. The molecule has 2 N–H and O–H groups in total. The maximum Gasteiger partial charge on any atom is 0.0641 e. The van der Waals surface area contributed by atoms with Gasteiger partial charge in [0.2, 0.25) is 0 Å². The summed E-state index contributed by atoms with van der Waals surface area (Å²) in [5.41, 5.74) is 7.29. The van der Waals surface area contributed by atoms with Crippen LogP contribution < -0.4 is 5.73 Å². The molecule has 0 saturated carbocycles. The smallest absolute Gasteiger partial charge is 0.0641 e. The monoisotopic (exact) mass is 246 g/mol. The third kappa shape index (κ3) is 1.95. The van der Waals surface area contributed by atoms with Crippen molar-refractivity contribution in [2.45, 2.75) is 12.5 Å². The molecule has 3 aromatic rings. The second-order valence-corrected chi connectivity index (χ2v) is 4.70. The highest BCUT2D eigenvalue weighted by molar-refractivity contribution is 6.02. The van der Waals surface area contributed by atoms with Crippen LogP contribution in [0.25, 0.3) is 21.5 Å². The van der Waals surface area contributed by atoms with E-state index in [0.717, 1.165) is 16.3 Å². The van der Waals surface area contributed by atoms with Crippen molar-refractivity contribution in [1.29, 1.82) is 5.26 Å². The molecule has 1 atom stereocenters. The third-order valence-corrected chi connectivity index (χ3v) is 3.49. The number of rotatable bonds is 2. The molecule has 0 aliphatic heterocycles. The molecule has 0 saturated heterocycles. The molecule has 2 nitrogen and oxygen atoms in total. The van der Waals surface area contributed by atoms with Gasteiger partial charge in [-0.2, -0.15) is 5.26 Å². The fourth-order valence-electron chi connectivity index (χ4n) is 2.65. The van der Waals surface area contributed by atoms with Gasteiger partial charge in [0.1, 0.15) is 0 Å². The summed E-state index contributed by atoms with van der Waals surface area (Å²) in [7, 11) is 0. The van der Waals surface area contributed by atoms with E-state index >= 15 is 0 Å². The van der Waals surface area contributed by atoms with E-state index in [1.54, 1.807) is 0 Å². The summed E-state index contributed by atoms with van der Waals surface area (Å²) in [6, 6.07) is 20.5. The van der Waals surface area contributed by atoms with Gasteiger partial charge in [-0.15, -0.1) is 0 Å². The Kier molecular flexibility index (Phi) is 2.91. The van der Waals surface area contributed by atoms with Crippen LogP contribution in [-0.2, 0) is 0 Å². The van der Waals surface area contributed by atoms with Gasteiger partial charge in [-0.25, -0.2) is 0 Å². The lowest BCUT2D eigenvalue weighted by Crippen LogP contribution is -2.10. The zero-order chi connectivity index (χ0) is 13.2. The molecule has 0 aromatic heterocycles. The van der Waals surface area contributed by atoms with Crippen molar-refractivity contribution in [2.24, 2.45) is 5.73 Å². The van der Waals surface area contributed by atoms with Crippen LogP contribution in [0.15, 0.2) is 54.6 Å². The number of nitrogens with zero attached hydrogens (tertiary/aromatic N) is 1. The average molecular weight is 246 g/mol. The number of hydrogen-bond acceptors (Lipinski definition) is 2. The van der Waals surface area contributed by atoms with Crippen molar-refractivity contribution < 1.29 is 0 Å². The van der Waals surface area contributed by atoms with E-state index < -0.39 is 0 Å². The Hall–Kier alpha value is -2.37. The highest BCUT2D eigenvalue weighted by Crippen LogP contribution is 2.32. The van der Waals surface area contributed by atoms with Gasteiger partial charge in [-0.3, -0.25) is 0 Å². The largest absolute Gasteiger partial charge is 0.323 e. The Morgan fingerprint density at radius 1 is 0.947 bits per heavy atom. The number of nitriles is 1. The van der Waals surface area contributed by atoms with E-state index in [-0.39, 0.29) is 6.04 Å². The van der Waals surface area contributed by atoms with Crippen LogP contribution in [-0.4, -0.2) is 0 Å². The van der Waals surface area contributed by atoms with Crippen molar-refractivity contribution in [3.05, 3.63) is 60.2 Å². The molecule has 0 heterocycles. The van der Waals surface area contributed by atoms with E-state index in [2.05, 4.69) is 36.4 Å². The van der Waals surface area contributed by atoms with Gasteiger partial charge in [0.05, 0.1) is 12.5 Å². The normalized spacial score (nSPS) is 12.4. The van der Waals surface area contributed by atoms with Crippen molar-refractivity contribution in [3.63, 3.8) is 0 Å². The molecule has 0 aliphatic rings. The minimum absolute atomic E-state index is 0.249. The van der Waals surface area contributed by atoms with Crippen LogP contribution in [0.3, 0.4) is 0 Å².